The molecule has 1 aromatic carbocycles. The van der Waals surface area contributed by atoms with Gasteiger partial charge in [-0.2, -0.15) is 0 Å². The van der Waals surface area contributed by atoms with Crippen molar-refractivity contribution in [2.24, 2.45) is 0 Å². The largest absolute Gasteiger partial charge is 0.496 e. The third-order valence-corrected chi connectivity index (χ3v) is 2.66. The molecule has 4 nitrogen and oxygen atoms in total. The van der Waals surface area contributed by atoms with E-state index >= 15 is 0 Å². The Morgan fingerprint density at radius 3 is 2.48 bits per heavy atom. The Kier molecular flexibility index (Phi) is 10.3. The summed E-state index contributed by atoms with van der Waals surface area (Å²) in [6.07, 6.45) is 6.01. The van der Waals surface area contributed by atoms with Crippen molar-refractivity contribution >= 4 is 23.0 Å². The molecule has 5 heteroatoms. The van der Waals surface area contributed by atoms with E-state index in [-0.39, 0.29) is 11.0 Å². The SMILES string of the molecule is C=C/C=C/C(=O)NSC(=O)c1ccccc1OC.C=CC. The standard InChI is InChI=1S/C13H13NO3S.C3H6/c1-3-4-9-12(15)14-18-13(16)10-7-5-6-8-11(10)17-2;1-3-2/h3-9H,1H2,2H3,(H,14,15);3H,1H2,2H3/b9-4+;. The number of para-hydroxylation sites is 1. The summed E-state index contributed by atoms with van der Waals surface area (Å²) in [5.74, 6) is 0.106. The van der Waals surface area contributed by atoms with Crippen molar-refractivity contribution in [2.45, 2.75) is 6.92 Å². The van der Waals surface area contributed by atoms with Gasteiger partial charge in [0.2, 0.25) is 5.12 Å². The fraction of sp³-hybridized carbons (Fsp3) is 0.125. The molecule has 1 N–H and O–H groups in total. The Labute approximate surface area is 129 Å². The number of carbonyl (C=O) groups excluding carboxylic acids is 2. The lowest BCUT2D eigenvalue weighted by Crippen LogP contribution is -2.15. The number of benzene rings is 1. The van der Waals surface area contributed by atoms with Crippen LogP contribution in [-0.4, -0.2) is 18.1 Å². The zero-order valence-corrected chi connectivity index (χ0v) is 13.0. The van der Waals surface area contributed by atoms with E-state index in [1.807, 2.05) is 6.92 Å². The van der Waals surface area contributed by atoms with Crippen LogP contribution in [0.5, 0.6) is 5.75 Å². The van der Waals surface area contributed by atoms with Gasteiger partial charge in [0.05, 0.1) is 12.7 Å². The number of ether oxygens (including phenoxy) is 1. The van der Waals surface area contributed by atoms with Crippen molar-refractivity contribution in [3.05, 3.63) is 67.3 Å². The van der Waals surface area contributed by atoms with Gasteiger partial charge in [-0.15, -0.1) is 6.58 Å². The van der Waals surface area contributed by atoms with Gasteiger partial charge in [-0.1, -0.05) is 36.9 Å². The molecule has 0 atom stereocenters. The second-order valence-corrected chi connectivity index (χ2v) is 4.34. The lowest BCUT2D eigenvalue weighted by molar-refractivity contribution is -0.114. The van der Waals surface area contributed by atoms with Crippen molar-refractivity contribution < 1.29 is 14.3 Å². The molecular weight excluding hydrogens is 286 g/mol. The van der Waals surface area contributed by atoms with E-state index in [0.29, 0.717) is 23.3 Å². The van der Waals surface area contributed by atoms with E-state index in [9.17, 15) is 9.59 Å². The summed E-state index contributed by atoms with van der Waals surface area (Å²) < 4.78 is 7.47. The molecule has 0 aliphatic heterocycles. The third kappa shape index (κ3) is 7.79. The maximum Gasteiger partial charge on any atom is 0.254 e. The van der Waals surface area contributed by atoms with Gasteiger partial charge in [0, 0.05) is 18.0 Å². The monoisotopic (exact) mass is 305 g/mol. The quantitative estimate of drug-likeness (QED) is 0.400. The van der Waals surface area contributed by atoms with E-state index in [0.717, 1.165) is 0 Å². The van der Waals surface area contributed by atoms with Crippen molar-refractivity contribution in [3.63, 3.8) is 0 Å². The van der Waals surface area contributed by atoms with E-state index in [1.54, 1.807) is 30.3 Å². The predicted octanol–water partition coefficient (Wildman–Crippen LogP) is 3.53. The van der Waals surface area contributed by atoms with Gasteiger partial charge in [-0.05, 0) is 19.1 Å². The van der Waals surface area contributed by atoms with Crippen LogP contribution in [0, 0.1) is 0 Å². The van der Waals surface area contributed by atoms with Gasteiger partial charge in [0.1, 0.15) is 5.75 Å². The molecule has 0 unspecified atom stereocenters. The molecule has 0 spiro atoms. The average molecular weight is 305 g/mol. The highest BCUT2D eigenvalue weighted by Gasteiger charge is 2.12. The molecular formula is C16H19NO3S. The van der Waals surface area contributed by atoms with Crippen LogP contribution in [0.3, 0.4) is 0 Å². The number of methoxy groups -OCH3 is 1. The molecule has 112 valence electrons. The van der Waals surface area contributed by atoms with Gasteiger partial charge in [0.15, 0.2) is 0 Å². The van der Waals surface area contributed by atoms with Crippen LogP contribution in [-0.2, 0) is 4.79 Å². The molecule has 0 aliphatic carbocycles. The minimum Gasteiger partial charge on any atom is -0.496 e. The molecule has 0 heterocycles. The number of hydrogen-bond acceptors (Lipinski definition) is 4. The molecule has 1 aromatic rings. The van der Waals surface area contributed by atoms with Crippen LogP contribution in [0.15, 0.2) is 61.7 Å². The number of allylic oxidation sites excluding steroid dienone is 3. The zero-order valence-electron chi connectivity index (χ0n) is 12.2. The minimum atomic E-state index is -0.372. The molecule has 0 fully saturated rings. The average Bonchev–Trinajstić information content (AvgIpc) is 2.51. The maximum atomic E-state index is 11.8. The van der Waals surface area contributed by atoms with E-state index in [2.05, 4.69) is 17.9 Å². The Hall–Kier alpha value is -2.27. The molecule has 0 bridgehead atoms. The number of rotatable bonds is 4. The van der Waals surface area contributed by atoms with Gasteiger partial charge in [-0.3, -0.25) is 14.3 Å². The highest BCUT2D eigenvalue weighted by molar-refractivity contribution is 8.12. The van der Waals surface area contributed by atoms with E-state index in [1.165, 1.54) is 25.3 Å². The fourth-order valence-electron chi connectivity index (χ4n) is 1.15. The highest BCUT2D eigenvalue weighted by atomic mass is 32.2. The summed E-state index contributed by atoms with van der Waals surface area (Å²) >= 11 is 0.714. The van der Waals surface area contributed by atoms with Crippen LogP contribution in [0.1, 0.15) is 17.3 Å². The highest BCUT2D eigenvalue weighted by Crippen LogP contribution is 2.21. The van der Waals surface area contributed by atoms with Crippen LogP contribution in [0.25, 0.3) is 0 Å². The van der Waals surface area contributed by atoms with Crippen LogP contribution in [0.2, 0.25) is 0 Å². The molecule has 0 aromatic heterocycles. The summed E-state index contributed by atoms with van der Waals surface area (Å²) in [5, 5.41) is -0.284. The minimum absolute atomic E-state index is 0.284. The van der Waals surface area contributed by atoms with Gasteiger partial charge in [-0.25, -0.2) is 0 Å². The molecule has 1 rings (SSSR count). The molecule has 1 amide bonds. The first kappa shape index (κ1) is 18.7. The smallest absolute Gasteiger partial charge is 0.254 e. The third-order valence-electron chi connectivity index (χ3n) is 1.95. The molecule has 0 aliphatic rings. The number of amides is 1. The summed E-state index contributed by atoms with van der Waals surface area (Å²) in [6, 6.07) is 6.83. The normalized spacial score (nSPS) is 9.24. The van der Waals surface area contributed by atoms with E-state index in [4.69, 9.17) is 4.74 Å². The Morgan fingerprint density at radius 1 is 1.29 bits per heavy atom. The van der Waals surface area contributed by atoms with Crippen molar-refractivity contribution in [2.75, 3.05) is 7.11 Å². The Morgan fingerprint density at radius 2 is 1.90 bits per heavy atom. The van der Waals surface area contributed by atoms with Crippen LogP contribution in [0.4, 0.5) is 0 Å². The summed E-state index contributed by atoms with van der Waals surface area (Å²) in [5.41, 5.74) is 0.415. The van der Waals surface area contributed by atoms with Crippen LogP contribution >= 0.6 is 11.9 Å². The lowest BCUT2D eigenvalue weighted by atomic mass is 10.2. The number of carbonyl (C=O) groups is 2. The second-order valence-electron chi connectivity index (χ2n) is 3.56. The van der Waals surface area contributed by atoms with Crippen molar-refractivity contribution in [1.29, 1.82) is 0 Å². The molecule has 0 saturated heterocycles. The fourth-order valence-corrected chi connectivity index (χ4v) is 1.69. The lowest BCUT2D eigenvalue weighted by Gasteiger charge is -2.06. The Balaban J connectivity index is 0.00000122. The van der Waals surface area contributed by atoms with E-state index < -0.39 is 0 Å². The van der Waals surface area contributed by atoms with Gasteiger partial charge >= 0.3 is 0 Å². The summed E-state index contributed by atoms with van der Waals surface area (Å²) in [7, 11) is 1.49. The molecule has 0 saturated carbocycles. The first-order valence-electron chi connectivity index (χ1n) is 6.11. The summed E-state index contributed by atoms with van der Waals surface area (Å²) in [4.78, 5) is 23.1. The van der Waals surface area contributed by atoms with Crippen molar-refractivity contribution in [3.8, 4) is 5.75 Å². The molecule has 0 radical (unpaired) electrons. The first-order chi connectivity index (χ1) is 10.1. The number of nitrogens with one attached hydrogen (secondary N) is 1. The number of hydrogen-bond donors (Lipinski definition) is 1. The Bertz CT molecular complexity index is 524. The first-order valence-corrected chi connectivity index (χ1v) is 6.92. The topological polar surface area (TPSA) is 55.4 Å². The van der Waals surface area contributed by atoms with Gasteiger partial charge in [0.25, 0.3) is 5.91 Å². The summed E-state index contributed by atoms with van der Waals surface area (Å²) in [6.45, 7) is 8.69. The zero-order chi connectivity index (χ0) is 16.1. The maximum absolute atomic E-state index is 11.8. The second kappa shape index (κ2) is 11.5. The van der Waals surface area contributed by atoms with Crippen molar-refractivity contribution in [1.82, 2.24) is 4.72 Å². The van der Waals surface area contributed by atoms with Crippen LogP contribution < -0.4 is 9.46 Å². The van der Waals surface area contributed by atoms with Gasteiger partial charge < -0.3 is 4.74 Å². The predicted molar refractivity (Wildman–Crippen MR) is 88.3 cm³/mol. The molecule has 21 heavy (non-hydrogen) atoms.